The van der Waals surface area contributed by atoms with Gasteiger partial charge in [-0.05, 0) is 65.8 Å². The minimum Gasteiger partial charge on any atom is -0.477 e. The van der Waals surface area contributed by atoms with Crippen LogP contribution < -0.4 is 9.80 Å². The second-order valence-electron chi connectivity index (χ2n) is 9.67. The molecule has 0 spiro atoms. The van der Waals surface area contributed by atoms with Gasteiger partial charge in [-0.1, -0.05) is 0 Å². The van der Waals surface area contributed by atoms with Gasteiger partial charge in [0.25, 0.3) is 12.3 Å². The summed E-state index contributed by atoms with van der Waals surface area (Å²) in [6.07, 6.45) is 1.96. The molecule has 200 valence electrons. The number of aryl methyl sites for hydroxylation is 2. The summed E-state index contributed by atoms with van der Waals surface area (Å²) in [7, 11) is 1.73. The summed E-state index contributed by atoms with van der Waals surface area (Å²) in [5, 5.41) is 15.2. The largest absolute Gasteiger partial charge is 0.477 e. The summed E-state index contributed by atoms with van der Waals surface area (Å²) in [5.41, 5.74) is 2.81. The predicted molar refractivity (Wildman–Crippen MR) is 141 cm³/mol. The second-order valence-corrected chi connectivity index (χ2v) is 9.67. The fraction of sp³-hybridized carbons (Fsp3) is 0.286. The van der Waals surface area contributed by atoms with Crippen LogP contribution in [0.2, 0.25) is 0 Å². The number of carbonyl (C=O) groups is 2. The van der Waals surface area contributed by atoms with Crippen LogP contribution in [0.3, 0.4) is 0 Å². The standard InChI is InChI=1S/C28H25F2N5O4/c1-33-14-18(13-31-33)21-10-16-3-2-6-35(24(16)12-22(21)26(29)30)27-20-5-4-19(34-7-8-39-15-25(34)36)9-17(20)11-23(32-27)28(37)38/h4-5,9-14,26H,2-3,6-8,15H2,1H3,(H,37,38). The van der Waals surface area contributed by atoms with Gasteiger partial charge in [0.1, 0.15) is 12.4 Å². The number of carboxylic acid groups (broad SMARTS) is 1. The first kappa shape index (κ1) is 24.9. The highest BCUT2D eigenvalue weighted by molar-refractivity contribution is 6.03. The summed E-state index contributed by atoms with van der Waals surface area (Å²) in [4.78, 5) is 32.3. The van der Waals surface area contributed by atoms with Crippen molar-refractivity contribution < 1.29 is 28.2 Å². The molecule has 0 atom stereocenters. The number of alkyl halides is 2. The van der Waals surface area contributed by atoms with Gasteiger partial charge in [-0.2, -0.15) is 5.10 Å². The molecule has 1 fully saturated rings. The Labute approximate surface area is 222 Å². The number of carbonyl (C=O) groups excluding carboxylic acids is 1. The molecule has 4 aromatic rings. The van der Waals surface area contributed by atoms with E-state index in [1.807, 2.05) is 4.90 Å². The number of amides is 1. The number of aromatic nitrogens is 3. The second kappa shape index (κ2) is 9.73. The zero-order valence-corrected chi connectivity index (χ0v) is 21.1. The lowest BCUT2D eigenvalue weighted by atomic mass is 9.93. The van der Waals surface area contributed by atoms with Gasteiger partial charge in [0, 0.05) is 54.2 Å². The maximum absolute atomic E-state index is 14.3. The van der Waals surface area contributed by atoms with Gasteiger partial charge in [0.15, 0.2) is 5.69 Å². The molecule has 1 amide bonds. The molecule has 11 heteroatoms. The molecule has 9 nitrogen and oxygen atoms in total. The summed E-state index contributed by atoms with van der Waals surface area (Å²) in [5.74, 6) is -1.01. The highest BCUT2D eigenvalue weighted by Gasteiger charge is 2.28. The zero-order valence-electron chi connectivity index (χ0n) is 21.1. The highest BCUT2D eigenvalue weighted by atomic mass is 19.3. The van der Waals surface area contributed by atoms with E-state index in [-0.39, 0.29) is 23.8 Å². The van der Waals surface area contributed by atoms with Crippen LogP contribution in [-0.4, -0.2) is 58.1 Å². The molecule has 0 aliphatic carbocycles. The number of pyridine rings is 1. The maximum Gasteiger partial charge on any atom is 0.354 e. The number of ether oxygens (including phenoxy) is 1. The number of morpholine rings is 1. The highest BCUT2D eigenvalue weighted by Crippen LogP contribution is 2.42. The average molecular weight is 534 g/mol. The van der Waals surface area contributed by atoms with Gasteiger partial charge in [0.05, 0.1) is 12.8 Å². The van der Waals surface area contributed by atoms with Crippen LogP contribution in [0.1, 0.15) is 34.5 Å². The number of rotatable bonds is 5. The van der Waals surface area contributed by atoms with E-state index < -0.39 is 12.4 Å². The summed E-state index contributed by atoms with van der Waals surface area (Å²) in [6.45, 7) is 1.27. The monoisotopic (exact) mass is 533 g/mol. The quantitative estimate of drug-likeness (QED) is 0.396. The van der Waals surface area contributed by atoms with Crippen molar-refractivity contribution in [2.45, 2.75) is 19.3 Å². The number of nitrogens with zero attached hydrogens (tertiary/aromatic N) is 5. The first-order valence-electron chi connectivity index (χ1n) is 12.6. The number of carboxylic acids is 1. The fourth-order valence-electron chi connectivity index (χ4n) is 5.36. The van der Waals surface area contributed by atoms with E-state index >= 15 is 0 Å². The molecule has 0 saturated carbocycles. The van der Waals surface area contributed by atoms with E-state index in [9.17, 15) is 23.5 Å². The van der Waals surface area contributed by atoms with Crippen LogP contribution in [-0.2, 0) is 23.0 Å². The third-order valence-corrected chi connectivity index (χ3v) is 7.19. The normalized spacial score (nSPS) is 15.7. The van der Waals surface area contributed by atoms with Gasteiger partial charge in [-0.15, -0.1) is 0 Å². The molecule has 2 aliphatic rings. The minimum absolute atomic E-state index is 0.0158. The molecular formula is C28H25F2N5O4. The molecule has 4 heterocycles. The van der Waals surface area contributed by atoms with E-state index in [4.69, 9.17) is 4.74 Å². The Balaban J connectivity index is 1.51. The van der Waals surface area contributed by atoms with Crippen LogP contribution in [0, 0.1) is 0 Å². The minimum atomic E-state index is -2.72. The van der Waals surface area contributed by atoms with Crippen LogP contribution in [0.4, 0.5) is 26.0 Å². The zero-order chi connectivity index (χ0) is 27.3. The lowest BCUT2D eigenvalue weighted by molar-refractivity contribution is -0.125. The number of fused-ring (bicyclic) bond motifs is 2. The van der Waals surface area contributed by atoms with Gasteiger partial charge >= 0.3 is 5.97 Å². The van der Waals surface area contributed by atoms with E-state index in [1.54, 1.807) is 53.3 Å². The SMILES string of the molecule is Cn1cc(-c2cc3c(cc2C(F)F)N(c2nc(C(=O)O)cc4cc(N5CCOCC5=O)ccc24)CCC3)cn1. The van der Waals surface area contributed by atoms with E-state index in [2.05, 4.69) is 10.1 Å². The van der Waals surface area contributed by atoms with Gasteiger partial charge in [0.2, 0.25) is 0 Å². The summed E-state index contributed by atoms with van der Waals surface area (Å²) >= 11 is 0. The lowest BCUT2D eigenvalue weighted by Crippen LogP contribution is -2.41. The molecule has 39 heavy (non-hydrogen) atoms. The molecule has 0 bridgehead atoms. The molecule has 1 N–H and O–H groups in total. The number of halogens is 2. The van der Waals surface area contributed by atoms with Gasteiger partial charge in [-0.3, -0.25) is 9.48 Å². The van der Waals surface area contributed by atoms with E-state index in [0.29, 0.717) is 65.2 Å². The number of hydrogen-bond acceptors (Lipinski definition) is 6. The molecule has 1 saturated heterocycles. The average Bonchev–Trinajstić information content (AvgIpc) is 3.37. The Morgan fingerprint density at radius 3 is 2.69 bits per heavy atom. The fourth-order valence-corrected chi connectivity index (χ4v) is 5.36. The first-order valence-corrected chi connectivity index (χ1v) is 12.6. The Kier molecular flexibility index (Phi) is 6.22. The molecule has 2 aromatic heterocycles. The van der Waals surface area contributed by atoms with Crippen LogP contribution >= 0.6 is 0 Å². The summed E-state index contributed by atoms with van der Waals surface area (Å²) < 4.78 is 35.4. The molecule has 2 aliphatic heterocycles. The van der Waals surface area contributed by atoms with Crippen LogP contribution in [0.25, 0.3) is 21.9 Å². The van der Waals surface area contributed by atoms with Crippen molar-refractivity contribution in [1.82, 2.24) is 14.8 Å². The van der Waals surface area contributed by atoms with Crippen molar-refractivity contribution in [3.05, 3.63) is 65.6 Å². The smallest absolute Gasteiger partial charge is 0.354 e. The topological polar surface area (TPSA) is 101 Å². The molecule has 6 rings (SSSR count). The van der Waals surface area contributed by atoms with E-state index in [1.165, 1.54) is 12.1 Å². The number of hydrogen-bond donors (Lipinski definition) is 1. The molecule has 0 unspecified atom stereocenters. The Hall–Kier alpha value is -4.38. The van der Waals surface area contributed by atoms with E-state index in [0.717, 1.165) is 12.0 Å². The molecular weight excluding hydrogens is 508 g/mol. The van der Waals surface area contributed by atoms with Crippen molar-refractivity contribution in [3.63, 3.8) is 0 Å². The van der Waals surface area contributed by atoms with Crippen molar-refractivity contribution in [1.29, 1.82) is 0 Å². The van der Waals surface area contributed by atoms with Gasteiger partial charge in [-0.25, -0.2) is 18.6 Å². The first-order chi connectivity index (χ1) is 18.8. The number of benzene rings is 2. The van der Waals surface area contributed by atoms with Crippen molar-refractivity contribution in [2.24, 2.45) is 7.05 Å². The van der Waals surface area contributed by atoms with Crippen LogP contribution in [0.15, 0.2) is 48.8 Å². The number of anilines is 3. The van der Waals surface area contributed by atoms with Crippen LogP contribution in [0.5, 0.6) is 0 Å². The Morgan fingerprint density at radius 1 is 1.13 bits per heavy atom. The number of aromatic carboxylic acids is 1. The third-order valence-electron chi connectivity index (χ3n) is 7.19. The maximum atomic E-state index is 14.3. The molecule has 2 aromatic carbocycles. The van der Waals surface area contributed by atoms with Crippen molar-refractivity contribution in [2.75, 3.05) is 36.1 Å². The Morgan fingerprint density at radius 2 is 1.97 bits per heavy atom. The van der Waals surface area contributed by atoms with Crippen molar-refractivity contribution in [3.8, 4) is 11.1 Å². The summed E-state index contributed by atoms with van der Waals surface area (Å²) in [6, 6.07) is 10.1. The molecule has 0 radical (unpaired) electrons. The lowest BCUT2D eigenvalue weighted by Gasteiger charge is -2.33. The predicted octanol–water partition coefficient (Wildman–Crippen LogP) is 4.72. The Bertz CT molecular complexity index is 1620. The third kappa shape index (κ3) is 4.48. The van der Waals surface area contributed by atoms with Crippen molar-refractivity contribution >= 4 is 39.8 Å². The van der Waals surface area contributed by atoms with Gasteiger partial charge < -0.3 is 19.6 Å².